The molecule has 0 unspecified atom stereocenters. The Labute approximate surface area is 87.1 Å². The van der Waals surface area contributed by atoms with Gasteiger partial charge in [-0.15, -0.1) is 0 Å². The van der Waals surface area contributed by atoms with E-state index in [4.69, 9.17) is 0 Å². The number of rotatable bonds is 1. The minimum absolute atomic E-state index is 0. The number of halogens is 2. The van der Waals surface area contributed by atoms with E-state index in [-0.39, 0.29) is 47.9 Å². The van der Waals surface area contributed by atoms with Crippen LogP contribution in [0.4, 0.5) is 0 Å². The van der Waals surface area contributed by atoms with Crippen molar-refractivity contribution in [3.63, 3.8) is 0 Å². The molecule has 0 rings (SSSR count). The first kappa shape index (κ1) is 22.4. The minimum Gasteiger partial charge on any atom is -1.00 e. The van der Waals surface area contributed by atoms with Crippen LogP contribution in [0.2, 0.25) is 0 Å². The molecule has 0 nitrogen and oxygen atoms in total. The molecule has 0 N–H and O–H groups in total. The molecule has 9 heavy (non-hydrogen) atoms. The summed E-state index contributed by atoms with van der Waals surface area (Å²) in [6.45, 7) is 8.96. The van der Waals surface area contributed by atoms with Crippen LogP contribution in [0.3, 0.4) is 0 Å². The normalized spacial score (nSPS) is 7.33. The van der Waals surface area contributed by atoms with Crippen molar-refractivity contribution in [1.29, 1.82) is 0 Å². The Morgan fingerprint density at radius 1 is 0.667 bits per heavy atom. The Bertz CT molecular complexity index is 32.0. The molecule has 0 saturated heterocycles. The van der Waals surface area contributed by atoms with Crippen molar-refractivity contribution in [2.45, 2.75) is 27.7 Å². The quantitative estimate of drug-likeness (QED) is 0.361. The first-order valence-electron chi connectivity index (χ1n) is 2.64. The van der Waals surface area contributed by atoms with Gasteiger partial charge in [0.15, 0.2) is 0 Å². The van der Waals surface area contributed by atoms with Gasteiger partial charge in [0.25, 0.3) is 0 Å². The molecule has 0 aromatic heterocycles. The smallest absolute Gasteiger partial charge is 1.00 e. The number of hydrogen-bond acceptors (Lipinski definition) is 0. The van der Waals surface area contributed by atoms with Crippen LogP contribution < -0.4 is 24.8 Å². The third kappa shape index (κ3) is 17.6. The van der Waals surface area contributed by atoms with Crippen molar-refractivity contribution in [2.24, 2.45) is 11.8 Å². The zero-order valence-electron chi connectivity index (χ0n) is 6.62. The molecule has 54 valence electrons. The van der Waals surface area contributed by atoms with Crippen LogP contribution in [-0.4, -0.2) is 23.1 Å². The zero-order chi connectivity index (χ0) is 5.15. The topological polar surface area (TPSA) is 0 Å². The first-order valence-corrected chi connectivity index (χ1v) is 2.64. The summed E-state index contributed by atoms with van der Waals surface area (Å²) in [4.78, 5) is 0. The van der Waals surface area contributed by atoms with E-state index in [1.807, 2.05) is 0 Å². The van der Waals surface area contributed by atoms with Crippen LogP contribution in [-0.2, 0) is 0 Å². The molecule has 0 aromatic carbocycles. The third-order valence-corrected chi connectivity index (χ3v) is 1.33. The van der Waals surface area contributed by atoms with Crippen molar-refractivity contribution in [3.05, 3.63) is 0 Å². The molecule has 0 bridgehead atoms. The largest absolute Gasteiger partial charge is 2.00 e. The van der Waals surface area contributed by atoms with E-state index in [0.717, 1.165) is 11.8 Å². The molecule has 0 saturated carbocycles. The molecule has 0 amide bonds. The fourth-order valence-corrected chi connectivity index (χ4v) is 0. The molecule has 0 atom stereocenters. The maximum atomic E-state index is 2.24. The maximum absolute atomic E-state index is 2.24. The second kappa shape index (κ2) is 12.1. The fraction of sp³-hybridized carbons (Fsp3) is 1.00. The zero-order valence-corrected chi connectivity index (χ0v) is 9.54. The standard InChI is InChI=1S/C6H14.2ClH.Mg/c1-5(2)6(3)4;;;/h5-6H,1-4H3;2*1H;/q;;;+2/p-2. The SMILES string of the molecule is CC(C)C(C)C.[Cl-].[Cl-].[Mg+2]. The van der Waals surface area contributed by atoms with E-state index in [1.54, 1.807) is 0 Å². The van der Waals surface area contributed by atoms with Gasteiger partial charge in [-0.2, -0.15) is 0 Å². The summed E-state index contributed by atoms with van der Waals surface area (Å²) >= 11 is 0. The average molecular weight is 181 g/mol. The van der Waals surface area contributed by atoms with Crippen LogP contribution in [0.25, 0.3) is 0 Å². The van der Waals surface area contributed by atoms with Gasteiger partial charge in [-0.05, 0) is 11.8 Å². The van der Waals surface area contributed by atoms with E-state index in [0.29, 0.717) is 0 Å². The van der Waals surface area contributed by atoms with Gasteiger partial charge in [0.1, 0.15) is 0 Å². The van der Waals surface area contributed by atoms with Crippen molar-refractivity contribution in [2.75, 3.05) is 0 Å². The van der Waals surface area contributed by atoms with Crippen LogP contribution in [0.15, 0.2) is 0 Å². The van der Waals surface area contributed by atoms with E-state index in [2.05, 4.69) is 27.7 Å². The first-order chi connectivity index (χ1) is 2.64. The third-order valence-electron chi connectivity index (χ3n) is 1.33. The van der Waals surface area contributed by atoms with E-state index in [1.165, 1.54) is 0 Å². The van der Waals surface area contributed by atoms with Crippen molar-refractivity contribution < 1.29 is 24.8 Å². The predicted octanol–water partition coefficient (Wildman–Crippen LogP) is -4.07. The molecule has 0 aliphatic carbocycles. The minimum atomic E-state index is 0. The Morgan fingerprint density at radius 3 is 0.778 bits per heavy atom. The molecule has 0 aliphatic heterocycles. The number of hydrogen-bond donors (Lipinski definition) is 0. The van der Waals surface area contributed by atoms with Crippen LogP contribution in [0, 0.1) is 11.8 Å². The van der Waals surface area contributed by atoms with Crippen molar-refractivity contribution in [3.8, 4) is 0 Å². The second-order valence-corrected chi connectivity index (χ2v) is 2.49. The predicted molar refractivity (Wildman–Crippen MR) is 35.4 cm³/mol. The summed E-state index contributed by atoms with van der Waals surface area (Å²) in [5.41, 5.74) is 0. The molecule has 0 aliphatic rings. The Hall–Kier alpha value is 1.35. The molecule has 0 aromatic rings. The van der Waals surface area contributed by atoms with Gasteiger partial charge in [-0.1, -0.05) is 27.7 Å². The molecule has 0 heterocycles. The Balaban J connectivity index is -0.0000000417. The van der Waals surface area contributed by atoms with Gasteiger partial charge in [-0.3, -0.25) is 0 Å². The second-order valence-electron chi connectivity index (χ2n) is 2.49. The molecular weight excluding hydrogens is 167 g/mol. The average Bonchev–Trinajstić information content (AvgIpc) is 1.36. The van der Waals surface area contributed by atoms with Crippen LogP contribution >= 0.6 is 0 Å². The molecule has 3 heteroatoms. The van der Waals surface area contributed by atoms with Gasteiger partial charge in [0, 0.05) is 0 Å². The Morgan fingerprint density at radius 2 is 0.778 bits per heavy atom. The molecular formula is C6H14Cl2Mg. The van der Waals surface area contributed by atoms with Gasteiger partial charge < -0.3 is 24.8 Å². The summed E-state index contributed by atoms with van der Waals surface area (Å²) in [6, 6.07) is 0. The maximum Gasteiger partial charge on any atom is 2.00 e. The van der Waals surface area contributed by atoms with E-state index >= 15 is 0 Å². The van der Waals surface area contributed by atoms with Gasteiger partial charge in [-0.25, -0.2) is 0 Å². The monoisotopic (exact) mass is 180 g/mol. The summed E-state index contributed by atoms with van der Waals surface area (Å²) in [5, 5.41) is 0. The van der Waals surface area contributed by atoms with Crippen molar-refractivity contribution in [1.82, 2.24) is 0 Å². The summed E-state index contributed by atoms with van der Waals surface area (Å²) in [7, 11) is 0. The van der Waals surface area contributed by atoms with Gasteiger partial charge in [0.05, 0.1) is 0 Å². The van der Waals surface area contributed by atoms with Crippen LogP contribution in [0.1, 0.15) is 27.7 Å². The summed E-state index contributed by atoms with van der Waals surface area (Å²) in [5.74, 6) is 1.70. The fourth-order valence-electron chi connectivity index (χ4n) is 0. The van der Waals surface area contributed by atoms with Crippen molar-refractivity contribution >= 4 is 23.1 Å². The molecule has 0 fully saturated rings. The van der Waals surface area contributed by atoms with Gasteiger partial charge >= 0.3 is 23.1 Å². The van der Waals surface area contributed by atoms with E-state index < -0.39 is 0 Å². The Kier molecular flexibility index (Phi) is 30.1. The molecule has 0 spiro atoms. The van der Waals surface area contributed by atoms with Crippen LogP contribution in [0.5, 0.6) is 0 Å². The van der Waals surface area contributed by atoms with E-state index in [9.17, 15) is 0 Å². The summed E-state index contributed by atoms with van der Waals surface area (Å²) < 4.78 is 0. The summed E-state index contributed by atoms with van der Waals surface area (Å²) in [6.07, 6.45) is 0. The molecule has 0 radical (unpaired) electrons. The van der Waals surface area contributed by atoms with Gasteiger partial charge in [0.2, 0.25) is 0 Å².